The molecule has 6 nitrogen and oxygen atoms in total. The van der Waals surface area contributed by atoms with Gasteiger partial charge in [0.15, 0.2) is 5.82 Å². The molecule has 0 unspecified atom stereocenters. The topological polar surface area (TPSA) is 72.9 Å². The van der Waals surface area contributed by atoms with Gasteiger partial charge in [0.1, 0.15) is 0 Å². The van der Waals surface area contributed by atoms with Crippen LogP contribution in [-0.4, -0.2) is 43.7 Å². The Labute approximate surface area is 110 Å². The molecule has 0 spiro atoms. The Morgan fingerprint density at radius 2 is 1.94 bits per heavy atom. The third kappa shape index (κ3) is 3.26. The largest absolute Gasteiger partial charge is 0.329 e. The predicted octanol–water partition coefficient (Wildman–Crippen LogP) is 0.940. The van der Waals surface area contributed by atoms with Gasteiger partial charge in [-0.15, -0.1) is 10.2 Å². The zero-order chi connectivity index (χ0) is 13.6. The van der Waals surface area contributed by atoms with Gasteiger partial charge in [-0.3, -0.25) is 4.90 Å². The van der Waals surface area contributed by atoms with Gasteiger partial charge in [0, 0.05) is 12.1 Å². The normalized spacial score (nSPS) is 12.3. The van der Waals surface area contributed by atoms with E-state index in [9.17, 15) is 0 Å². The number of nitrogens with two attached hydrogens (primary N) is 1. The van der Waals surface area contributed by atoms with E-state index in [1.807, 2.05) is 0 Å². The number of aryl methyl sites for hydroxylation is 1. The lowest BCUT2D eigenvalue weighted by Gasteiger charge is -2.42. The molecule has 0 fully saturated rings. The lowest BCUT2D eigenvalue weighted by atomic mass is 9.90. The molecule has 1 aromatic rings. The fourth-order valence-corrected chi connectivity index (χ4v) is 2.43. The summed E-state index contributed by atoms with van der Waals surface area (Å²) in [6.45, 7) is 8.98. The van der Waals surface area contributed by atoms with Crippen LogP contribution in [0.5, 0.6) is 0 Å². The fraction of sp³-hybridized carbons (Fsp3) is 0.917. The maximum Gasteiger partial charge on any atom is 0.188 e. The third-order valence-electron chi connectivity index (χ3n) is 3.74. The average molecular weight is 254 g/mol. The quantitative estimate of drug-likeness (QED) is 0.747. The van der Waals surface area contributed by atoms with Crippen LogP contribution in [0.3, 0.4) is 0 Å². The lowest BCUT2D eigenvalue weighted by molar-refractivity contribution is 0.0738. The Balaban J connectivity index is 2.86. The minimum atomic E-state index is 0.0508. The second-order valence-corrected chi connectivity index (χ2v) is 4.75. The molecule has 2 N–H and O–H groups in total. The minimum absolute atomic E-state index is 0.0508. The van der Waals surface area contributed by atoms with Crippen molar-refractivity contribution < 1.29 is 0 Å². The van der Waals surface area contributed by atoms with E-state index >= 15 is 0 Å². The fourth-order valence-electron chi connectivity index (χ4n) is 2.43. The van der Waals surface area contributed by atoms with Crippen molar-refractivity contribution in [3.05, 3.63) is 5.82 Å². The van der Waals surface area contributed by atoms with Gasteiger partial charge in [0.2, 0.25) is 0 Å². The highest BCUT2D eigenvalue weighted by atomic mass is 15.6. The van der Waals surface area contributed by atoms with E-state index in [-0.39, 0.29) is 5.54 Å². The van der Waals surface area contributed by atoms with Crippen molar-refractivity contribution in [2.75, 3.05) is 13.1 Å². The molecular formula is C12H26N6. The first-order valence-corrected chi connectivity index (χ1v) is 6.79. The van der Waals surface area contributed by atoms with Gasteiger partial charge >= 0.3 is 0 Å². The van der Waals surface area contributed by atoms with Gasteiger partial charge in [0.25, 0.3) is 0 Å². The summed E-state index contributed by atoms with van der Waals surface area (Å²) in [5.74, 6) is 0.769. The van der Waals surface area contributed by atoms with Crippen LogP contribution in [-0.2, 0) is 13.6 Å². The van der Waals surface area contributed by atoms with Crippen LogP contribution < -0.4 is 5.73 Å². The first-order valence-electron chi connectivity index (χ1n) is 6.79. The van der Waals surface area contributed by atoms with Gasteiger partial charge < -0.3 is 5.73 Å². The monoisotopic (exact) mass is 254 g/mol. The molecule has 0 saturated heterocycles. The van der Waals surface area contributed by atoms with E-state index in [0.29, 0.717) is 6.54 Å². The molecule has 0 bridgehead atoms. The van der Waals surface area contributed by atoms with E-state index in [2.05, 4.69) is 41.1 Å². The number of aromatic nitrogens is 4. The first-order chi connectivity index (χ1) is 8.61. The third-order valence-corrected chi connectivity index (χ3v) is 3.74. The molecule has 0 saturated carbocycles. The number of hydrogen-bond donors (Lipinski definition) is 1. The van der Waals surface area contributed by atoms with Gasteiger partial charge in [0.05, 0.1) is 13.6 Å². The standard InChI is InChI=1S/C12H26N6/c1-5-8-18(12(6-2,7-3)10-13)9-11-14-16-17(4)15-11/h5-10,13H2,1-4H3. The van der Waals surface area contributed by atoms with Crippen LogP contribution in [0, 0.1) is 0 Å². The molecule has 0 aliphatic rings. The van der Waals surface area contributed by atoms with Crippen molar-refractivity contribution in [2.24, 2.45) is 12.8 Å². The van der Waals surface area contributed by atoms with Crippen molar-refractivity contribution in [2.45, 2.75) is 52.1 Å². The Bertz CT molecular complexity index is 336. The molecule has 0 aliphatic heterocycles. The molecule has 0 aliphatic carbocycles. The van der Waals surface area contributed by atoms with Crippen LogP contribution in [0.1, 0.15) is 45.9 Å². The molecule has 1 rings (SSSR count). The second kappa shape index (κ2) is 6.80. The summed E-state index contributed by atoms with van der Waals surface area (Å²) in [6.07, 6.45) is 3.18. The van der Waals surface area contributed by atoms with Crippen LogP contribution in [0.15, 0.2) is 0 Å². The highest BCUT2D eigenvalue weighted by Crippen LogP contribution is 2.24. The predicted molar refractivity (Wildman–Crippen MR) is 71.9 cm³/mol. The van der Waals surface area contributed by atoms with E-state index in [1.165, 1.54) is 4.80 Å². The first kappa shape index (κ1) is 15.0. The van der Waals surface area contributed by atoms with Crippen LogP contribution in [0.4, 0.5) is 0 Å². The molecule has 0 atom stereocenters. The van der Waals surface area contributed by atoms with Crippen LogP contribution in [0.25, 0.3) is 0 Å². The van der Waals surface area contributed by atoms with Gasteiger partial charge in [-0.25, -0.2) is 0 Å². The molecule has 6 heteroatoms. The highest BCUT2D eigenvalue weighted by Gasteiger charge is 2.32. The summed E-state index contributed by atoms with van der Waals surface area (Å²) in [5, 5.41) is 12.2. The Kier molecular flexibility index (Phi) is 5.68. The van der Waals surface area contributed by atoms with Gasteiger partial charge in [-0.1, -0.05) is 20.8 Å². The van der Waals surface area contributed by atoms with E-state index in [0.717, 1.165) is 38.2 Å². The van der Waals surface area contributed by atoms with Crippen molar-refractivity contribution in [3.63, 3.8) is 0 Å². The summed E-state index contributed by atoms with van der Waals surface area (Å²) in [7, 11) is 1.79. The minimum Gasteiger partial charge on any atom is -0.329 e. The zero-order valence-corrected chi connectivity index (χ0v) is 12.1. The highest BCUT2D eigenvalue weighted by molar-refractivity contribution is 4.92. The van der Waals surface area contributed by atoms with E-state index < -0.39 is 0 Å². The summed E-state index contributed by atoms with van der Waals surface area (Å²) < 4.78 is 0. The smallest absolute Gasteiger partial charge is 0.188 e. The van der Waals surface area contributed by atoms with Crippen molar-refractivity contribution in [3.8, 4) is 0 Å². The van der Waals surface area contributed by atoms with Gasteiger partial charge in [-0.05, 0) is 31.0 Å². The lowest BCUT2D eigenvalue weighted by Crippen LogP contribution is -2.53. The van der Waals surface area contributed by atoms with E-state index in [1.54, 1.807) is 7.05 Å². The molecule has 104 valence electrons. The average Bonchev–Trinajstić information content (AvgIpc) is 2.78. The Morgan fingerprint density at radius 3 is 2.33 bits per heavy atom. The summed E-state index contributed by atoms with van der Waals surface area (Å²) in [5.41, 5.74) is 6.07. The van der Waals surface area contributed by atoms with Crippen LogP contribution in [0.2, 0.25) is 0 Å². The number of hydrogen-bond acceptors (Lipinski definition) is 5. The molecule has 0 radical (unpaired) electrons. The van der Waals surface area contributed by atoms with Crippen molar-refractivity contribution in [1.82, 2.24) is 25.1 Å². The van der Waals surface area contributed by atoms with Gasteiger partial charge in [-0.2, -0.15) is 4.80 Å². The molecule has 0 aromatic carbocycles. The Morgan fingerprint density at radius 1 is 1.28 bits per heavy atom. The maximum atomic E-state index is 6.02. The molecule has 18 heavy (non-hydrogen) atoms. The molecule has 1 heterocycles. The zero-order valence-electron chi connectivity index (χ0n) is 12.1. The number of tetrazole rings is 1. The summed E-state index contributed by atoms with van der Waals surface area (Å²) >= 11 is 0. The van der Waals surface area contributed by atoms with Crippen LogP contribution >= 0.6 is 0 Å². The molecule has 1 aromatic heterocycles. The number of rotatable bonds is 8. The molecular weight excluding hydrogens is 228 g/mol. The Hall–Kier alpha value is -1.01. The maximum absolute atomic E-state index is 6.02. The van der Waals surface area contributed by atoms with Crippen molar-refractivity contribution in [1.29, 1.82) is 0 Å². The van der Waals surface area contributed by atoms with Crippen molar-refractivity contribution >= 4 is 0 Å². The second-order valence-electron chi connectivity index (χ2n) is 4.75. The summed E-state index contributed by atoms with van der Waals surface area (Å²) in [6, 6.07) is 0. The SMILES string of the molecule is CCCN(Cc1nnn(C)n1)C(CC)(CC)CN. The summed E-state index contributed by atoms with van der Waals surface area (Å²) in [4.78, 5) is 3.91. The van der Waals surface area contributed by atoms with E-state index in [4.69, 9.17) is 5.73 Å². The number of nitrogens with zero attached hydrogens (tertiary/aromatic N) is 5. The molecule has 0 amide bonds.